The van der Waals surface area contributed by atoms with Gasteiger partial charge in [0.05, 0.1) is 69.0 Å². The zero-order chi connectivity index (χ0) is 48.3. The van der Waals surface area contributed by atoms with Crippen LogP contribution < -0.4 is 20.1 Å². The van der Waals surface area contributed by atoms with Gasteiger partial charge in [0.25, 0.3) is 0 Å². The average Bonchev–Trinajstić information content (AvgIpc) is 4.19. The van der Waals surface area contributed by atoms with E-state index in [2.05, 4.69) is 50.9 Å². The Morgan fingerprint density at radius 1 is 0.765 bits per heavy atom. The maximum absolute atomic E-state index is 13.8. The van der Waals surface area contributed by atoms with Crippen LogP contribution in [-0.4, -0.2) is 135 Å². The molecule has 364 valence electrons. The number of nitrogens with one attached hydrogen (secondary N) is 4. The number of amides is 3. The summed E-state index contributed by atoms with van der Waals surface area (Å²) >= 11 is 0. The largest absolute Gasteiger partial charge is 0.487 e. The first-order valence-corrected chi connectivity index (χ1v) is 23.1. The predicted molar refractivity (Wildman–Crippen MR) is 256 cm³/mol. The molecule has 18 heteroatoms. The summed E-state index contributed by atoms with van der Waals surface area (Å²) in [5.74, 6) is 2.30. The molecule has 68 heavy (non-hydrogen) atoms. The van der Waals surface area contributed by atoms with Crippen LogP contribution in [0.15, 0.2) is 72.9 Å². The number of fused-ring (bicyclic) bond motifs is 1. The van der Waals surface area contributed by atoms with Gasteiger partial charge < -0.3 is 53.9 Å². The second kappa shape index (κ2) is 23.0. The molecule has 1 fully saturated rings. The van der Waals surface area contributed by atoms with Crippen molar-refractivity contribution in [3.63, 3.8) is 0 Å². The van der Waals surface area contributed by atoms with Crippen molar-refractivity contribution in [2.24, 2.45) is 11.8 Å². The van der Waals surface area contributed by atoms with Crippen LogP contribution in [0, 0.1) is 11.8 Å². The van der Waals surface area contributed by atoms with Crippen LogP contribution in [0.2, 0.25) is 0 Å². The van der Waals surface area contributed by atoms with Crippen molar-refractivity contribution in [2.45, 2.75) is 64.7 Å². The second-order valence-electron chi connectivity index (χ2n) is 17.4. The number of ether oxygens (including phenoxy) is 6. The molecular weight excluding hydrogens is 873 g/mol. The number of hydrogen-bond acceptors (Lipinski definition) is 13. The van der Waals surface area contributed by atoms with Gasteiger partial charge in [-0.05, 0) is 65.6 Å². The normalized spacial score (nSPS) is 16.9. The summed E-state index contributed by atoms with van der Waals surface area (Å²) in [4.78, 5) is 62.6. The van der Waals surface area contributed by atoms with Crippen LogP contribution in [0.5, 0.6) is 11.5 Å². The van der Waals surface area contributed by atoms with Crippen LogP contribution in [0.1, 0.15) is 64.3 Å². The van der Waals surface area contributed by atoms with Gasteiger partial charge in [0.15, 0.2) is 11.5 Å². The zero-order valence-corrected chi connectivity index (χ0v) is 40.1. The number of rotatable bonds is 21. The molecule has 0 spiro atoms. The summed E-state index contributed by atoms with van der Waals surface area (Å²) in [5, 5.41) is 7.40. The Hall–Kier alpha value is -6.47. The molecular formula is C50H64N8O10. The second-order valence-corrected chi connectivity index (χ2v) is 17.4. The molecule has 0 saturated carbocycles. The molecule has 0 bridgehead atoms. The predicted octanol–water partition coefficient (Wildman–Crippen LogP) is 7.61. The van der Waals surface area contributed by atoms with E-state index < -0.39 is 18.2 Å². The maximum Gasteiger partial charge on any atom is 0.407 e. The van der Waals surface area contributed by atoms with Crippen LogP contribution in [0.25, 0.3) is 44.5 Å². The maximum atomic E-state index is 13.8. The van der Waals surface area contributed by atoms with E-state index in [0.717, 1.165) is 57.4 Å². The molecule has 3 amide bonds. The van der Waals surface area contributed by atoms with E-state index >= 15 is 0 Å². The van der Waals surface area contributed by atoms with E-state index in [0.29, 0.717) is 49.5 Å². The van der Waals surface area contributed by atoms with Gasteiger partial charge in [0, 0.05) is 38.4 Å². The van der Waals surface area contributed by atoms with Crippen molar-refractivity contribution < 1.29 is 47.6 Å². The summed E-state index contributed by atoms with van der Waals surface area (Å²) in [5.41, 5.74) is 6.85. The number of hydroxylamine groups is 2. The van der Waals surface area contributed by atoms with Gasteiger partial charge in [-0.2, -0.15) is 5.06 Å². The highest BCUT2D eigenvalue weighted by molar-refractivity contribution is 5.87. The molecule has 0 unspecified atom stereocenters. The number of aromatic amines is 2. The smallest absolute Gasteiger partial charge is 0.407 e. The number of carbonyl (C=O) groups is 3. The highest BCUT2D eigenvalue weighted by Crippen LogP contribution is 2.45. The van der Waals surface area contributed by atoms with E-state index in [9.17, 15) is 14.4 Å². The molecule has 4 atom stereocenters. The van der Waals surface area contributed by atoms with Crippen molar-refractivity contribution in [1.82, 2.24) is 40.5 Å². The van der Waals surface area contributed by atoms with Gasteiger partial charge in [-0.25, -0.2) is 19.6 Å². The quantitative estimate of drug-likeness (QED) is 0.0414. The first kappa shape index (κ1) is 49.4. The molecule has 4 N–H and O–H groups in total. The molecule has 18 nitrogen and oxygen atoms in total. The molecule has 1 saturated heterocycles. The minimum Gasteiger partial charge on any atom is -0.487 e. The Balaban J connectivity index is 1.14. The first-order valence-electron chi connectivity index (χ1n) is 23.1. The number of benzene rings is 3. The van der Waals surface area contributed by atoms with Crippen molar-refractivity contribution in [2.75, 3.05) is 74.6 Å². The standard InChI is InChI=1S/C50H64N8O10/c1-30(2)40(55-49(60)64-7)29-68-58-22-10-12-42(58)46-51-28-39(54-46)36-19-18-35(44(66-25-23-62-5)45(36)67-26-24-63-6)33-15-13-32(14-16-33)34-17-20-37-38(27-34)53-47(52-37)41-11-9-21-57(41)48(59)43(31(3)4)56-50(61)65-8/h10,12-20,27-28,30-31,40-43H,9,11,21-26,29H2,1-8H3,(H,51,54)(H,52,53)(H,55,60)(H,56,61)/t40-,41+,42+,43+/m1/s1. The van der Waals surface area contributed by atoms with E-state index in [-0.39, 0.29) is 55.7 Å². The summed E-state index contributed by atoms with van der Waals surface area (Å²) in [6.07, 6.45) is 6.27. The number of H-pyrrole nitrogens is 2. The number of likely N-dealkylation sites (tertiary alicyclic amines) is 1. The minimum absolute atomic E-state index is 0.114. The van der Waals surface area contributed by atoms with Gasteiger partial charge in [-0.1, -0.05) is 70.2 Å². The Labute approximate surface area is 397 Å². The Morgan fingerprint density at radius 3 is 2.10 bits per heavy atom. The number of hydrogen-bond donors (Lipinski definition) is 4. The summed E-state index contributed by atoms with van der Waals surface area (Å²) in [7, 11) is 5.89. The Kier molecular flexibility index (Phi) is 16.7. The number of aromatic nitrogens is 4. The lowest BCUT2D eigenvalue weighted by Gasteiger charge is -2.29. The lowest BCUT2D eigenvalue weighted by atomic mass is 9.97. The SMILES string of the molecule is COCCOc1c(-c2ccc(-c3ccc4nc([C@@H]5CCCN5C(=O)[C@@H](NC(=O)OC)C(C)C)[nH]c4c3)cc2)ccc(-c2cnc([C@@H]3C=CCN3OC[C@@H](NC(=O)OC)C(C)C)[nH]2)c1OCCOC. The summed E-state index contributed by atoms with van der Waals surface area (Å²) in [6, 6.07) is 16.9. The van der Waals surface area contributed by atoms with Crippen molar-refractivity contribution >= 4 is 29.1 Å². The first-order chi connectivity index (χ1) is 32.9. The topological polar surface area (TPSA) is 204 Å². The Bertz CT molecular complexity index is 2520. The molecule has 0 radical (unpaired) electrons. The van der Waals surface area contributed by atoms with Gasteiger partial charge in [0.2, 0.25) is 5.91 Å². The molecule has 2 aliphatic heterocycles. The van der Waals surface area contributed by atoms with Crippen LogP contribution in [0.4, 0.5) is 9.59 Å². The molecule has 0 aliphatic carbocycles. The molecule has 3 aromatic carbocycles. The van der Waals surface area contributed by atoms with Crippen LogP contribution in [0.3, 0.4) is 0 Å². The third-order valence-electron chi connectivity index (χ3n) is 12.2. The highest BCUT2D eigenvalue weighted by atomic mass is 16.7. The monoisotopic (exact) mass is 936 g/mol. The average molecular weight is 937 g/mol. The minimum atomic E-state index is -0.713. The van der Waals surface area contributed by atoms with Crippen molar-refractivity contribution in [3.8, 4) is 45.0 Å². The fraction of sp³-hybridized carbons (Fsp3) is 0.460. The van der Waals surface area contributed by atoms with Gasteiger partial charge in [0.1, 0.15) is 36.9 Å². The molecule has 2 aromatic heterocycles. The zero-order valence-electron chi connectivity index (χ0n) is 40.1. The number of alkyl carbamates (subject to hydrolysis) is 2. The lowest BCUT2D eigenvalue weighted by molar-refractivity contribution is -0.173. The van der Waals surface area contributed by atoms with Crippen LogP contribution >= 0.6 is 0 Å². The number of methoxy groups -OCH3 is 4. The fourth-order valence-electron chi connectivity index (χ4n) is 8.42. The molecule has 7 rings (SSSR count). The molecule has 2 aliphatic rings. The molecule has 5 aromatic rings. The van der Waals surface area contributed by atoms with Gasteiger partial charge in [-0.15, -0.1) is 0 Å². The highest BCUT2D eigenvalue weighted by Gasteiger charge is 2.38. The van der Waals surface area contributed by atoms with E-state index in [1.165, 1.54) is 14.2 Å². The van der Waals surface area contributed by atoms with Crippen molar-refractivity contribution in [3.05, 3.63) is 84.6 Å². The summed E-state index contributed by atoms with van der Waals surface area (Å²) in [6.45, 7) is 10.5. The lowest BCUT2D eigenvalue weighted by Crippen LogP contribution is -2.51. The van der Waals surface area contributed by atoms with Crippen molar-refractivity contribution in [1.29, 1.82) is 0 Å². The summed E-state index contributed by atoms with van der Waals surface area (Å²) < 4.78 is 33.4. The van der Waals surface area contributed by atoms with E-state index in [1.807, 2.05) is 74.1 Å². The van der Waals surface area contributed by atoms with E-state index in [4.69, 9.17) is 43.2 Å². The number of nitrogens with zero attached hydrogens (tertiary/aromatic N) is 4. The number of imidazole rings is 2. The van der Waals surface area contributed by atoms with Gasteiger partial charge in [-0.3, -0.25) is 9.63 Å². The third kappa shape index (κ3) is 11.4. The third-order valence-corrected chi connectivity index (χ3v) is 12.2. The fourth-order valence-corrected chi connectivity index (χ4v) is 8.42. The van der Waals surface area contributed by atoms with Gasteiger partial charge >= 0.3 is 12.2 Å². The van der Waals surface area contributed by atoms with E-state index in [1.54, 1.807) is 20.4 Å². The van der Waals surface area contributed by atoms with Crippen LogP contribution in [-0.2, 0) is 28.6 Å². The Morgan fingerprint density at radius 2 is 1.43 bits per heavy atom. The number of carbonyl (C=O) groups excluding carboxylic acids is 3. The molecule has 4 heterocycles.